The van der Waals surface area contributed by atoms with E-state index in [1.165, 1.54) is 6.08 Å². The van der Waals surface area contributed by atoms with Crippen LogP contribution in [0.25, 0.3) is 0 Å². The molecule has 3 atom stereocenters. The average molecular weight is 282 g/mol. The van der Waals surface area contributed by atoms with Crippen molar-refractivity contribution in [1.82, 2.24) is 0 Å². The molecule has 1 heterocycles. The summed E-state index contributed by atoms with van der Waals surface area (Å²) >= 11 is 0. The van der Waals surface area contributed by atoms with Crippen LogP contribution in [0.3, 0.4) is 0 Å². The van der Waals surface area contributed by atoms with E-state index in [0.717, 1.165) is 0 Å². The molecule has 0 aromatic carbocycles. The SMILES string of the molecule is C#C/C=C(C=O)\C1=C(/C)COO[C@H](CO)[C@@H](O)[C@H](O)C1. The molecule has 0 bridgehead atoms. The standard InChI is InChI=1S/C14H18O6/c1-3-4-10(6-15)11-5-12(17)14(18)13(7-16)20-19-8-9(11)2/h1,4,6,12-14,16-18H,5,7-8H2,2H3/b10-4-,11-9+/t12-,13-,14+/m1/s1. The van der Waals surface area contributed by atoms with E-state index in [4.69, 9.17) is 21.3 Å². The minimum absolute atomic E-state index is 0.00245. The van der Waals surface area contributed by atoms with Crippen LogP contribution in [-0.4, -0.2) is 53.1 Å². The van der Waals surface area contributed by atoms with Gasteiger partial charge in [0.15, 0.2) is 6.29 Å². The van der Waals surface area contributed by atoms with Gasteiger partial charge in [0, 0.05) is 12.0 Å². The molecule has 0 amide bonds. The maximum Gasteiger partial charge on any atom is 0.150 e. The molecule has 0 aliphatic carbocycles. The van der Waals surface area contributed by atoms with Gasteiger partial charge in [-0.2, -0.15) is 0 Å². The first kappa shape index (κ1) is 16.6. The van der Waals surface area contributed by atoms with E-state index < -0.39 is 24.9 Å². The third kappa shape index (κ3) is 4.00. The quantitative estimate of drug-likeness (QED) is 0.279. The number of aliphatic hydroxyl groups is 3. The number of allylic oxidation sites excluding steroid dienone is 2. The lowest BCUT2D eigenvalue weighted by atomic mass is 9.92. The van der Waals surface area contributed by atoms with E-state index in [-0.39, 0.29) is 18.6 Å². The first-order chi connectivity index (χ1) is 9.54. The Morgan fingerprint density at radius 3 is 2.80 bits per heavy atom. The van der Waals surface area contributed by atoms with Crippen LogP contribution in [0.1, 0.15) is 13.3 Å². The van der Waals surface area contributed by atoms with Gasteiger partial charge in [0.25, 0.3) is 0 Å². The molecule has 110 valence electrons. The van der Waals surface area contributed by atoms with Crippen LogP contribution in [0.4, 0.5) is 0 Å². The topological polar surface area (TPSA) is 96.2 Å². The van der Waals surface area contributed by atoms with Crippen molar-refractivity contribution in [2.24, 2.45) is 0 Å². The molecule has 0 aromatic heterocycles. The van der Waals surface area contributed by atoms with Gasteiger partial charge in [-0.05, 0) is 24.1 Å². The summed E-state index contributed by atoms with van der Waals surface area (Å²) in [6.07, 6.45) is 3.39. The summed E-state index contributed by atoms with van der Waals surface area (Å²) in [5.41, 5.74) is 1.37. The number of aliphatic hydroxyl groups excluding tert-OH is 3. The molecular weight excluding hydrogens is 264 g/mol. The van der Waals surface area contributed by atoms with Crippen LogP contribution < -0.4 is 0 Å². The molecule has 20 heavy (non-hydrogen) atoms. The molecule has 0 saturated carbocycles. The van der Waals surface area contributed by atoms with Crippen molar-refractivity contribution < 1.29 is 29.9 Å². The maximum absolute atomic E-state index is 11.1. The highest BCUT2D eigenvalue weighted by Gasteiger charge is 2.30. The van der Waals surface area contributed by atoms with Gasteiger partial charge in [0.2, 0.25) is 0 Å². The first-order valence-corrected chi connectivity index (χ1v) is 6.10. The highest BCUT2D eigenvalue weighted by molar-refractivity contribution is 5.81. The fraction of sp³-hybridized carbons (Fsp3) is 0.500. The molecule has 3 N–H and O–H groups in total. The third-order valence-corrected chi connectivity index (χ3v) is 3.06. The predicted octanol–water partition coefficient (Wildman–Crippen LogP) is -0.504. The summed E-state index contributed by atoms with van der Waals surface area (Å²) in [6, 6.07) is 0. The van der Waals surface area contributed by atoms with E-state index in [9.17, 15) is 15.0 Å². The number of carbonyl (C=O) groups is 1. The zero-order valence-corrected chi connectivity index (χ0v) is 11.2. The van der Waals surface area contributed by atoms with Crippen molar-refractivity contribution in [3.05, 3.63) is 22.8 Å². The fourth-order valence-corrected chi connectivity index (χ4v) is 1.89. The zero-order valence-electron chi connectivity index (χ0n) is 11.2. The Hall–Kier alpha value is -1.49. The Balaban J connectivity index is 3.10. The highest BCUT2D eigenvalue weighted by atomic mass is 17.2. The van der Waals surface area contributed by atoms with Gasteiger partial charge in [-0.15, -0.1) is 6.42 Å². The van der Waals surface area contributed by atoms with Crippen LogP contribution in [0.5, 0.6) is 0 Å². The molecule has 6 nitrogen and oxygen atoms in total. The van der Waals surface area contributed by atoms with Crippen LogP contribution in [0.2, 0.25) is 0 Å². The maximum atomic E-state index is 11.1. The molecular formula is C14H18O6. The van der Waals surface area contributed by atoms with Gasteiger partial charge in [-0.25, -0.2) is 9.78 Å². The molecule has 1 rings (SSSR count). The summed E-state index contributed by atoms with van der Waals surface area (Å²) in [4.78, 5) is 20.8. The lowest BCUT2D eigenvalue weighted by Crippen LogP contribution is -2.41. The van der Waals surface area contributed by atoms with Gasteiger partial charge in [-0.1, -0.05) is 5.92 Å². The van der Waals surface area contributed by atoms with Crippen molar-refractivity contribution in [3.8, 4) is 12.3 Å². The number of aldehydes is 1. The van der Waals surface area contributed by atoms with Crippen molar-refractivity contribution >= 4 is 6.29 Å². The summed E-state index contributed by atoms with van der Waals surface area (Å²) in [6.45, 7) is 1.22. The largest absolute Gasteiger partial charge is 0.393 e. The number of terminal acetylenes is 1. The molecule has 1 aliphatic heterocycles. The number of hydrogen-bond acceptors (Lipinski definition) is 6. The number of rotatable bonds is 3. The minimum atomic E-state index is -1.35. The van der Waals surface area contributed by atoms with Gasteiger partial charge >= 0.3 is 0 Å². The first-order valence-electron chi connectivity index (χ1n) is 6.10. The van der Waals surface area contributed by atoms with E-state index >= 15 is 0 Å². The Morgan fingerprint density at radius 2 is 2.25 bits per heavy atom. The molecule has 0 spiro atoms. The molecule has 0 saturated heterocycles. The summed E-state index contributed by atoms with van der Waals surface area (Å²) in [7, 11) is 0. The molecule has 0 aromatic rings. The average Bonchev–Trinajstić information content (AvgIpc) is 2.49. The summed E-state index contributed by atoms with van der Waals surface area (Å²) in [5.74, 6) is 2.25. The Bertz CT molecular complexity index is 445. The molecule has 1 aliphatic rings. The van der Waals surface area contributed by atoms with Crippen LogP contribution in [0.15, 0.2) is 22.8 Å². The molecule has 0 unspecified atom stereocenters. The molecule has 6 heteroatoms. The van der Waals surface area contributed by atoms with Gasteiger partial charge in [0.1, 0.15) is 18.8 Å². The lowest BCUT2D eigenvalue weighted by molar-refractivity contribution is -0.341. The second kappa shape index (κ2) is 7.94. The van der Waals surface area contributed by atoms with Gasteiger partial charge in [-0.3, -0.25) is 4.79 Å². The smallest absolute Gasteiger partial charge is 0.150 e. The van der Waals surface area contributed by atoms with Crippen molar-refractivity contribution in [2.45, 2.75) is 31.7 Å². The normalized spacial score (nSPS) is 32.8. The lowest BCUT2D eigenvalue weighted by Gasteiger charge is -2.23. The Labute approximate surface area is 117 Å². The summed E-state index contributed by atoms with van der Waals surface area (Å²) in [5, 5.41) is 28.9. The Morgan fingerprint density at radius 1 is 1.55 bits per heavy atom. The van der Waals surface area contributed by atoms with Crippen molar-refractivity contribution in [1.29, 1.82) is 0 Å². The monoisotopic (exact) mass is 282 g/mol. The number of carbonyl (C=O) groups excluding carboxylic acids is 1. The third-order valence-electron chi connectivity index (χ3n) is 3.06. The summed E-state index contributed by atoms with van der Waals surface area (Å²) < 4.78 is 0. The second-order valence-corrected chi connectivity index (χ2v) is 4.48. The zero-order chi connectivity index (χ0) is 15.1. The molecule has 0 radical (unpaired) electrons. The van der Waals surface area contributed by atoms with Crippen LogP contribution in [0, 0.1) is 12.3 Å². The predicted molar refractivity (Wildman–Crippen MR) is 70.2 cm³/mol. The van der Waals surface area contributed by atoms with Gasteiger partial charge < -0.3 is 15.3 Å². The number of hydrogen-bond donors (Lipinski definition) is 3. The Kier molecular flexibility index (Phi) is 6.58. The highest BCUT2D eigenvalue weighted by Crippen LogP contribution is 2.24. The molecule has 0 fully saturated rings. The van der Waals surface area contributed by atoms with Crippen LogP contribution >= 0.6 is 0 Å². The van der Waals surface area contributed by atoms with Crippen molar-refractivity contribution in [2.75, 3.05) is 13.2 Å². The van der Waals surface area contributed by atoms with Crippen molar-refractivity contribution in [3.63, 3.8) is 0 Å². The van der Waals surface area contributed by atoms with Crippen LogP contribution in [-0.2, 0) is 14.6 Å². The van der Waals surface area contributed by atoms with Gasteiger partial charge in [0.05, 0.1) is 12.7 Å². The van der Waals surface area contributed by atoms with E-state index in [1.807, 2.05) is 0 Å². The van der Waals surface area contributed by atoms with E-state index in [1.54, 1.807) is 6.92 Å². The minimum Gasteiger partial charge on any atom is -0.393 e. The fourth-order valence-electron chi connectivity index (χ4n) is 1.89. The second-order valence-electron chi connectivity index (χ2n) is 4.48. The van der Waals surface area contributed by atoms with E-state index in [0.29, 0.717) is 17.4 Å². The van der Waals surface area contributed by atoms with E-state index in [2.05, 4.69) is 5.92 Å².